The Bertz CT molecular complexity index is 771. The molecular weight excluding hydrogens is 396 g/mol. The lowest BCUT2D eigenvalue weighted by Crippen LogP contribution is -2.46. The number of imide groups is 1. The van der Waals surface area contributed by atoms with E-state index in [1.807, 2.05) is 5.32 Å². The number of methoxy groups -OCH3 is 1. The molecule has 0 heterocycles. The number of hydrogen-bond acceptors (Lipinski definition) is 7. The largest absolute Gasteiger partial charge is 0.493 e. The number of nitrogens with two attached hydrogens (primary N) is 1. The molecule has 160 valence electrons. The highest BCUT2D eigenvalue weighted by Gasteiger charge is 2.27. The number of benzene rings is 1. The molecule has 1 aromatic rings. The van der Waals surface area contributed by atoms with Crippen molar-refractivity contribution in [3.8, 4) is 11.5 Å². The van der Waals surface area contributed by atoms with Gasteiger partial charge in [0.25, 0.3) is 11.8 Å². The van der Waals surface area contributed by atoms with Crippen molar-refractivity contribution >= 4 is 23.8 Å². The first-order valence-corrected chi connectivity index (χ1v) is 8.26. The number of ether oxygens (including phenoxy) is 3. The maximum atomic E-state index is 12.3. The van der Waals surface area contributed by atoms with Gasteiger partial charge in [-0.1, -0.05) is 13.8 Å². The second-order valence-electron chi connectivity index (χ2n) is 5.93. The van der Waals surface area contributed by atoms with Gasteiger partial charge < -0.3 is 25.3 Å². The number of alkyl halides is 2. The summed E-state index contributed by atoms with van der Waals surface area (Å²) in [5, 5.41) is 4.06. The minimum atomic E-state index is -3.07. The normalized spacial score (nSPS) is 11.6. The second-order valence-corrected chi connectivity index (χ2v) is 5.93. The molecule has 0 bridgehead atoms. The Kier molecular flexibility index (Phi) is 8.77. The molecule has 29 heavy (non-hydrogen) atoms. The number of carbonyl (C=O) groups is 4. The molecule has 12 heteroatoms. The van der Waals surface area contributed by atoms with Crippen LogP contribution in [0.2, 0.25) is 0 Å². The van der Waals surface area contributed by atoms with E-state index in [9.17, 15) is 28.0 Å². The number of amides is 4. The maximum absolute atomic E-state index is 12.3. The van der Waals surface area contributed by atoms with Crippen LogP contribution in [0.1, 0.15) is 24.2 Å². The SMILES string of the molecule is COc1cc(C(=O)NCC(=O)O[C@@H](C(=O)NC(N)=O)C(C)C)ccc1OC(F)F. The fourth-order valence-electron chi connectivity index (χ4n) is 2.12. The first kappa shape index (κ1) is 23.6. The summed E-state index contributed by atoms with van der Waals surface area (Å²) in [6.45, 7) is -0.513. The van der Waals surface area contributed by atoms with E-state index in [4.69, 9.17) is 15.2 Å². The molecule has 0 aliphatic rings. The second kappa shape index (κ2) is 10.8. The minimum absolute atomic E-state index is 0.00291. The fourth-order valence-corrected chi connectivity index (χ4v) is 2.12. The van der Waals surface area contributed by atoms with Gasteiger partial charge in [0.15, 0.2) is 17.6 Å². The summed E-state index contributed by atoms with van der Waals surface area (Å²) >= 11 is 0. The van der Waals surface area contributed by atoms with E-state index in [0.717, 1.165) is 12.1 Å². The van der Waals surface area contributed by atoms with Crippen molar-refractivity contribution in [3.63, 3.8) is 0 Å². The van der Waals surface area contributed by atoms with Gasteiger partial charge in [-0.05, 0) is 24.1 Å². The fraction of sp³-hybridized carbons (Fsp3) is 0.412. The van der Waals surface area contributed by atoms with Crippen molar-refractivity contribution in [2.75, 3.05) is 13.7 Å². The number of halogens is 2. The molecule has 4 N–H and O–H groups in total. The van der Waals surface area contributed by atoms with Gasteiger partial charge in [0, 0.05) is 5.56 Å². The predicted molar refractivity (Wildman–Crippen MR) is 94.4 cm³/mol. The molecule has 0 fully saturated rings. The van der Waals surface area contributed by atoms with E-state index in [1.165, 1.54) is 13.2 Å². The van der Waals surface area contributed by atoms with Crippen LogP contribution in [0.5, 0.6) is 11.5 Å². The van der Waals surface area contributed by atoms with Crippen molar-refractivity contribution in [3.05, 3.63) is 23.8 Å². The summed E-state index contributed by atoms with van der Waals surface area (Å²) in [4.78, 5) is 46.6. The third-order valence-electron chi connectivity index (χ3n) is 3.40. The summed E-state index contributed by atoms with van der Waals surface area (Å²) in [7, 11) is 1.20. The van der Waals surface area contributed by atoms with Crippen LogP contribution < -0.4 is 25.8 Å². The zero-order valence-electron chi connectivity index (χ0n) is 15.9. The average molecular weight is 417 g/mol. The molecule has 0 spiro atoms. The van der Waals surface area contributed by atoms with E-state index in [2.05, 4.69) is 10.1 Å². The number of esters is 1. The van der Waals surface area contributed by atoms with E-state index >= 15 is 0 Å². The molecule has 10 nitrogen and oxygen atoms in total. The molecule has 0 saturated heterocycles. The molecule has 0 saturated carbocycles. The Labute approximate surface area is 164 Å². The van der Waals surface area contributed by atoms with Crippen molar-refractivity contribution in [1.82, 2.24) is 10.6 Å². The van der Waals surface area contributed by atoms with Crippen LogP contribution in [0.3, 0.4) is 0 Å². The van der Waals surface area contributed by atoms with Crippen molar-refractivity contribution < 1.29 is 42.2 Å². The zero-order valence-corrected chi connectivity index (χ0v) is 15.9. The Morgan fingerprint density at radius 1 is 1.14 bits per heavy atom. The number of carbonyl (C=O) groups excluding carboxylic acids is 4. The van der Waals surface area contributed by atoms with Gasteiger partial charge in [0.05, 0.1) is 7.11 Å². The summed E-state index contributed by atoms with van der Waals surface area (Å²) < 4.78 is 38.8. The molecule has 0 aliphatic carbocycles. The van der Waals surface area contributed by atoms with Crippen LogP contribution in [0.15, 0.2) is 18.2 Å². The van der Waals surface area contributed by atoms with E-state index < -0.39 is 49.0 Å². The highest BCUT2D eigenvalue weighted by molar-refractivity contribution is 5.98. The standard InChI is InChI=1S/C17H21F2N3O7/c1-8(2)13(15(25)22-17(20)26)29-12(23)7-21-14(24)9-4-5-10(28-16(18)19)11(6-9)27-3/h4-6,8,13,16H,7H2,1-3H3,(H,21,24)(H3,20,22,25,26)/t13-/m1/s1. The summed E-state index contributed by atoms with van der Waals surface area (Å²) in [5.74, 6) is -3.41. The summed E-state index contributed by atoms with van der Waals surface area (Å²) in [6, 6.07) is 2.35. The maximum Gasteiger partial charge on any atom is 0.387 e. The average Bonchev–Trinajstić information content (AvgIpc) is 2.63. The van der Waals surface area contributed by atoms with Crippen LogP contribution in [0.4, 0.5) is 13.6 Å². The van der Waals surface area contributed by atoms with Crippen molar-refractivity contribution in [2.24, 2.45) is 11.7 Å². The third-order valence-corrected chi connectivity index (χ3v) is 3.40. The molecule has 1 aromatic carbocycles. The summed E-state index contributed by atoms with van der Waals surface area (Å²) in [5.41, 5.74) is 4.86. The van der Waals surface area contributed by atoms with Crippen LogP contribution in [0, 0.1) is 5.92 Å². The number of primary amides is 1. The topological polar surface area (TPSA) is 146 Å². The van der Waals surface area contributed by atoms with E-state index in [1.54, 1.807) is 13.8 Å². The molecule has 1 atom stereocenters. The molecule has 0 aliphatic heterocycles. The number of nitrogens with one attached hydrogen (secondary N) is 2. The van der Waals surface area contributed by atoms with Crippen LogP contribution in [-0.4, -0.2) is 50.2 Å². The molecule has 1 rings (SSSR count). The lowest BCUT2D eigenvalue weighted by molar-refractivity contribution is -0.157. The molecule has 4 amide bonds. The van der Waals surface area contributed by atoms with Gasteiger partial charge in [-0.25, -0.2) is 4.79 Å². The highest BCUT2D eigenvalue weighted by atomic mass is 19.3. The quantitative estimate of drug-likeness (QED) is 0.504. The van der Waals surface area contributed by atoms with Crippen molar-refractivity contribution in [2.45, 2.75) is 26.6 Å². The zero-order chi connectivity index (χ0) is 22.1. The number of urea groups is 1. The van der Waals surface area contributed by atoms with Crippen molar-refractivity contribution in [1.29, 1.82) is 0 Å². The van der Waals surface area contributed by atoms with Crippen LogP contribution in [-0.2, 0) is 14.3 Å². The predicted octanol–water partition coefficient (Wildman–Crippen LogP) is 0.789. The van der Waals surface area contributed by atoms with E-state index in [-0.39, 0.29) is 17.1 Å². The van der Waals surface area contributed by atoms with Gasteiger partial charge in [-0.15, -0.1) is 0 Å². The van der Waals surface area contributed by atoms with Gasteiger partial charge in [0.2, 0.25) is 0 Å². The highest BCUT2D eigenvalue weighted by Crippen LogP contribution is 2.29. The van der Waals surface area contributed by atoms with E-state index in [0.29, 0.717) is 0 Å². The Balaban J connectivity index is 2.72. The van der Waals surface area contributed by atoms with Gasteiger partial charge in [0.1, 0.15) is 6.54 Å². The molecule has 0 aromatic heterocycles. The molecule has 0 radical (unpaired) electrons. The number of hydrogen-bond donors (Lipinski definition) is 3. The Morgan fingerprint density at radius 3 is 2.31 bits per heavy atom. The Morgan fingerprint density at radius 2 is 1.79 bits per heavy atom. The smallest absolute Gasteiger partial charge is 0.387 e. The molecular formula is C17H21F2N3O7. The van der Waals surface area contributed by atoms with Crippen LogP contribution in [0.25, 0.3) is 0 Å². The summed E-state index contributed by atoms with van der Waals surface area (Å²) in [6.07, 6.45) is -1.29. The van der Waals surface area contributed by atoms with Gasteiger partial charge in [-0.2, -0.15) is 8.78 Å². The van der Waals surface area contributed by atoms with Gasteiger partial charge >= 0.3 is 18.6 Å². The molecule has 0 unspecified atom stereocenters. The van der Waals surface area contributed by atoms with Crippen LogP contribution >= 0.6 is 0 Å². The first-order chi connectivity index (χ1) is 13.5. The Hall–Kier alpha value is -3.44. The minimum Gasteiger partial charge on any atom is -0.493 e. The lowest BCUT2D eigenvalue weighted by Gasteiger charge is -2.20. The monoisotopic (exact) mass is 417 g/mol. The number of rotatable bonds is 9. The first-order valence-electron chi connectivity index (χ1n) is 8.26. The van der Waals surface area contributed by atoms with Gasteiger partial charge in [-0.3, -0.25) is 19.7 Å². The third kappa shape index (κ3) is 7.60. The lowest BCUT2D eigenvalue weighted by atomic mass is 10.1.